The van der Waals surface area contributed by atoms with Gasteiger partial charge in [-0.2, -0.15) is 0 Å². The molecule has 1 N–H and O–H groups in total. The van der Waals surface area contributed by atoms with Crippen LogP contribution < -0.4 is 0 Å². The first-order valence-corrected chi connectivity index (χ1v) is 5.97. The van der Waals surface area contributed by atoms with Crippen LogP contribution >= 0.6 is 0 Å². The van der Waals surface area contributed by atoms with E-state index < -0.39 is 5.97 Å². The second-order valence-corrected chi connectivity index (χ2v) is 4.29. The predicted octanol–water partition coefficient (Wildman–Crippen LogP) is 1.07. The van der Waals surface area contributed by atoms with Gasteiger partial charge >= 0.3 is 5.97 Å². The van der Waals surface area contributed by atoms with Crippen LogP contribution in [0.5, 0.6) is 0 Å². The number of ether oxygens (including phenoxy) is 1. The number of nitrogens with zero attached hydrogens (tertiary/aromatic N) is 2. The smallest absolute Gasteiger partial charge is 0.356 e. The van der Waals surface area contributed by atoms with Crippen molar-refractivity contribution in [2.75, 3.05) is 20.3 Å². The quantitative estimate of drug-likeness (QED) is 0.767. The summed E-state index contributed by atoms with van der Waals surface area (Å²) in [6, 6.07) is 5.58. The molecule has 5 heteroatoms. The van der Waals surface area contributed by atoms with E-state index in [0.29, 0.717) is 24.8 Å². The Bertz CT molecular complexity index is 394. The molecule has 1 aromatic heterocycles. The number of carbonyl (C=O) groups excluding carboxylic acids is 1. The van der Waals surface area contributed by atoms with Crippen LogP contribution in [0, 0.1) is 0 Å². The Morgan fingerprint density at radius 2 is 2.22 bits per heavy atom. The van der Waals surface area contributed by atoms with Crippen molar-refractivity contribution in [1.29, 1.82) is 0 Å². The van der Waals surface area contributed by atoms with Gasteiger partial charge in [-0.1, -0.05) is 6.07 Å². The van der Waals surface area contributed by atoms with Crippen molar-refractivity contribution in [2.24, 2.45) is 0 Å². The molecule has 5 nitrogen and oxygen atoms in total. The number of rotatable bonds is 6. The standard InChI is InChI=1S/C13H20N2O3/c1-10(2)15(7-8-16)9-11-5-4-6-12(14-11)13(17)18-3/h4-6,10,16H,7-9H2,1-3H3. The van der Waals surface area contributed by atoms with Crippen LogP contribution in [0.15, 0.2) is 18.2 Å². The number of aliphatic hydroxyl groups excluding tert-OH is 1. The van der Waals surface area contributed by atoms with Crippen molar-refractivity contribution in [3.05, 3.63) is 29.6 Å². The van der Waals surface area contributed by atoms with Crippen LogP contribution in [0.1, 0.15) is 30.0 Å². The zero-order valence-corrected chi connectivity index (χ0v) is 11.1. The summed E-state index contributed by atoms with van der Waals surface area (Å²) in [5.41, 5.74) is 1.10. The number of aromatic nitrogens is 1. The second-order valence-electron chi connectivity index (χ2n) is 4.29. The van der Waals surface area contributed by atoms with E-state index in [4.69, 9.17) is 5.11 Å². The first kappa shape index (κ1) is 14.6. The molecule has 0 atom stereocenters. The maximum atomic E-state index is 11.4. The molecule has 0 amide bonds. The Morgan fingerprint density at radius 1 is 1.50 bits per heavy atom. The number of hydrogen-bond acceptors (Lipinski definition) is 5. The molecule has 0 aliphatic carbocycles. The van der Waals surface area contributed by atoms with E-state index in [0.717, 1.165) is 5.69 Å². The first-order chi connectivity index (χ1) is 8.58. The van der Waals surface area contributed by atoms with Crippen LogP contribution in [0.3, 0.4) is 0 Å². The maximum absolute atomic E-state index is 11.4. The molecular weight excluding hydrogens is 232 g/mol. The van der Waals surface area contributed by atoms with E-state index in [1.807, 2.05) is 6.07 Å². The van der Waals surface area contributed by atoms with E-state index in [1.54, 1.807) is 12.1 Å². The van der Waals surface area contributed by atoms with E-state index in [1.165, 1.54) is 7.11 Å². The van der Waals surface area contributed by atoms with E-state index >= 15 is 0 Å². The van der Waals surface area contributed by atoms with Gasteiger partial charge in [-0.25, -0.2) is 9.78 Å². The molecule has 0 aliphatic heterocycles. The van der Waals surface area contributed by atoms with Crippen LogP contribution in [-0.4, -0.2) is 47.3 Å². The Balaban J connectivity index is 2.80. The molecule has 0 aliphatic rings. The van der Waals surface area contributed by atoms with Crippen LogP contribution in [0.2, 0.25) is 0 Å². The number of esters is 1. The number of aliphatic hydroxyl groups is 1. The largest absolute Gasteiger partial charge is 0.464 e. The molecule has 0 unspecified atom stereocenters. The van der Waals surface area contributed by atoms with Gasteiger partial charge in [0.25, 0.3) is 0 Å². The molecule has 1 heterocycles. The molecule has 0 spiro atoms. The lowest BCUT2D eigenvalue weighted by atomic mass is 10.2. The highest BCUT2D eigenvalue weighted by Gasteiger charge is 2.12. The molecule has 100 valence electrons. The lowest BCUT2D eigenvalue weighted by Crippen LogP contribution is -2.33. The van der Waals surface area contributed by atoms with E-state index in [-0.39, 0.29) is 6.61 Å². The van der Waals surface area contributed by atoms with Gasteiger partial charge < -0.3 is 9.84 Å². The maximum Gasteiger partial charge on any atom is 0.356 e. The lowest BCUT2D eigenvalue weighted by molar-refractivity contribution is 0.0593. The molecule has 18 heavy (non-hydrogen) atoms. The second kappa shape index (κ2) is 7.08. The fourth-order valence-corrected chi connectivity index (χ4v) is 1.64. The monoisotopic (exact) mass is 252 g/mol. The first-order valence-electron chi connectivity index (χ1n) is 5.97. The SMILES string of the molecule is COC(=O)c1cccc(CN(CCO)C(C)C)n1. The van der Waals surface area contributed by atoms with Crippen molar-refractivity contribution in [3.8, 4) is 0 Å². The summed E-state index contributed by atoms with van der Waals surface area (Å²) in [6.07, 6.45) is 0. The highest BCUT2D eigenvalue weighted by molar-refractivity contribution is 5.87. The minimum absolute atomic E-state index is 0.106. The molecule has 0 saturated heterocycles. The van der Waals surface area contributed by atoms with Gasteiger partial charge in [0.15, 0.2) is 0 Å². The fourth-order valence-electron chi connectivity index (χ4n) is 1.64. The third-order valence-corrected chi connectivity index (χ3v) is 2.68. The highest BCUT2D eigenvalue weighted by atomic mass is 16.5. The Morgan fingerprint density at radius 3 is 2.78 bits per heavy atom. The third kappa shape index (κ3) is 4.09. The minimum Gasteiger partial charge on any atom is -0.464 e. The summed E-state index contributed by atoms with van der Waals surface area (Å²) in [5.74, 6) is -0.435. The molecule has 1 rings (SSSR count). The van der Waals surface area contributed by atoms with Crippen LogP contribution in [0.4, 0.5) is 0 Å². The van der Waals surface area contributed by atoms with E-state index in [9.17, 15) is 4.79 Å². The topological polar surface area (TPSA) is 62.7 Å². The summed E-state index contributed by atoms with van der Waals surface area (Å²) >= 11 is 0. The summed E-state index contributed by atoms with van der Waals surface area (Å²) in [4.78, 5) is 17.7. The number of methoxy groups -OCH3 is 1. The molecule has 1 aromatic rings. The van der Waals surface area contributed by atoms with Gasteiger partial charge in [-0.3, -0.25) is 4.90 Å². The zero-order valence-electron chi connectivity index (χ0n) is 11.1. The Hall–Kier alpha value is -1.46. The Labute approximate surface area is 107 Å². The van der Waals surface area contributed by atoms with Crippen molar-refractivity contribution in [1.82, 2.24) is 9.88 Å². The van der Waals surface area contributed by atoms with Crippen molar-refractivity contribution in [3.63, 3.8) is 0 Å². The highest BCUT2D eigenvalue weighted by Crippen LogP contribution is 2.07. The molecule has 0 fully saturated rings. The summed E-state index contributed by atoms with van der Waals surface area (Å²) in [7, 11) is 1.34. The third-order valence-electron chi connectivity index (χ3n) is 2.68. The molecule has 0 aromatic carbocycles. The van der Waals surface area contributed by atoms with Gasteiger partial charge in [-0.15, -0.1) is 0 Å². The molecule has 0 saturated carbocycles. The normalized spacial score (nSPS) is 11.0. The van der Waals surface area contributed by atoms with Gasteiger partial charge in [0.2, 0.25) is 0 Å². The Kier molecular flexibility index (Phi) is 5.74. The van der Waals surface area contributed by atoms with Gasteiger partial charge in [0, 0.05) is 19.1 Å². The molecular formula is C13H20N2O3. The summed E-state index contributed by atoms with van der Waals surface area (Å²) < 4.78 is 4.64. The van der Waals surface area contributed by atoms with Gasteiger partial charge in [0.05, 0.1) is 19.4 Å². The van der Waals surface area contributed by atoms with Gasteiger partial charge in [-0.05, 0) is 26.0 Å². The fraction of sp³-hybridized carbons (Fsp3) is 0.538. The van der Waals surface area contributed by atoms with Crippen molar-refractivity contribution >= 4 is 5.97 Å². The molecule has 0 bridgehead atoms. The number of pyridine rings is 1. The molecule has 0 radical (unpaired) electrons. The zero-order chi connectivity index (χ0) is 13.5. The van der Waals surface area contributed by atoms with Crippen molar-refractivity contribution in [2.45, 2.75) is 26.4 Å². The average molecular weight is 252 g/mol. The number of carbonyl (C=O) groups is 1. The summed E-state index contributed by atoms with van der Waals surface area (Å²) in [5, 5.41) is 9.01. The van der Waals surface area contributed by atoms with Crippen molar-refractivity contribution < 1.29 is 14.6 Å². The van der Waals surface area contributed by atoms with Gasteiger partial charge in [0.1, 0.15) is 5.69 Å². The van der Waals surface area contributed by atoms with E-state index in [2.05, 4.69) is 28.5 Å². The predicted molar refractivity (Wildman–Crippen MR) is 68.2 cm³/mol. The summed E-state index contributed by atoms with van der Waals surface area (Å²) in [6.45, 7) is 5.40. The average Bonchev–Trinajstić information content (AvgIpc) is 2.37. The lowest BCUT2D eigenvalue weighted by Gasteiger charge is -2.25. The van der Waals surface area contributed by atoms with Crippen LogP contribution in [0.25, 0.3) is 0 Å². The van der Waals surface area contributed by atoms with Crippen LogP contribution in [-0.2, 0) is 11.3 Å². The minimum atomic E-state index is -0.435. The number of hydrogen-bond donors (Lipinski definition) is 1.